The summed E-state index contributed by atoms with van der Waals surface area (Å²) < 4.78 is 37.4. The molecule has 2 aromatic heterocycles. The molecule has 172 valence electrons. The van der Waals surface area contributed by atoms with Crippen LogP contribution in [0.5, 0.6) is 0 Å². The highest BCUT2D eigenvalue weighted by Crippen LogP contribution is 2.40. The van der Waals surface area contributed by atoms with Gasteiger partial charge in [0.05, 0.1) is 16.3 Å². The molecule has 0 amide bonds. The summed E-state index contributed by atoms with van der Waals surface area (Å²) in [6.07, 6.45) is 5.77. The number of aromatic nitrogens is 5. The molecule has 0 saturated carbocycles. The third kappa shape index (κ3) is 4.75. The van der Waals surface area contributed by atoms with E-state index >= 15 is 0 Å². The number of carboxylic acids is 1. The van der Waals surface area contributed by atoms with Crippen LogP contribution >= 0.6 is 11.3 Å². The maximum atomic E-state index is 11.2. The second-order valence-electron chi connectivity index (χ2n) is 7.31. The highest BCUT2D eigenvalue weighted by Gasteiger charge is 2.37. The van der Waals surface area contributed by atoms with Crippen molar-refractivity contribution >= 4 is 33.0 Å². The van der Waals surface area contributed by atoms with E-state index in [0.717, 1.165) is 10.6 Å². The van der Waals surface area contributed by atoms with E-state index in [1.54, 1.807) is 12.2 Å². The summed E-state index contributed by atoms with van der Waals surface area (Å²) in [7, 11) is -4.31. The molecule has 11 nitrogen and oxygen atoms in total. The van der Waals surface area contributed by atoms with E-state index in [-0.39, 0.29) is 10.7 Å². The molecule has 2 heterocycles. The summed E-state index contributed by atoms with van der Waals surface area (Å²) in [6, 6.07) is 5.32. The first-order valence-corrected chi connectivity index (χ1v) is 11.9. The molecule has 1 aromatic carbocycles. The third-order valence-electron chi connectivity index (χ3n) is 4.99. The van der Waals surface area contributed by atoms with Crippen LogP contribution in [0.3, 0.4) is 0 Å². The van der Waals surface area contributed by atoms with Gasteiger partial charge in [-0.15, -0.1) is 26.3 Å². The van der Waals surface area contributed by atoms with Crippen LogP contribution in [-0.4, -0.2) is 55.8 Å². The lowest BCUT2D eigenvalue weighted by atomic mass is 9.91. The molecular formula is C20H19N5O6S2. The number of ether oxygens (including phenoxy) is 1. The SMILES string of the molecule is Cc1nc(C2(OCC(=O)O)C=C(c3nnn(-c4ccc(S(=O)(=O)O)cc4)n3)C=CC2)sc1C. The fraction of sp³-hybridized carbons (Fsp3) is 0.250. The first-order valence-electron chi connectivity index (χ1n) is 9.65. The smallest absolute Gasteiger partial charge is 0.329 e. The maximum Gasteiger partial charge on any atom is 0.329 e. The summed E-state index contributed by atoms with van der Waals surface area (Å²) >= 11 is 1.44. The van der Waals surface area contributed by atoms with Crippen molar-refractivity contribution in [3.05, 3.63) is 63.9 Å². The van der Waals surface area contributed by atoms with Crippen LogP contribution in [0.2, 0.25) is 0 Å². The van der Waals surface area contributed by atoms with Crippen molar-refractivity contribution in [2.45, 2.75) is 30.8 Å². The minimum Gasteiger partial charge on any atom is -0.480 e. The molecular weight excluding hydrogens is 470 g/mol. The Kier molecular flexibility index (Phi) is 5.97. The van der Waals surface area contributed by atoms with Crippen molar-refractivity contribution < 1.29 is 27.6 Å². The molecule has 33 heavy (non-hydrogen) atoms. The Morgan fingerprint density at radius 3 is 2.61 bits per heavy atom. The molecule has 2 N–H and O–H groups in total. The van der Waals surface area contributed by atoms with Crippen LogP contribution in [0.25, 0.3) is 11.3 Å². The van der Waals surface area contributed by atoms with E-state index in [0.29, 0.717) is 22.7 Å². The van der Waals surface area contributed by atoms with E-state index in [9.17, 15) is 18.3 Å². The lowest BCUT2D eigenvalue weighted by Crippen LogP contribution is -2.31. The zero-order valence-electron chi connectivity index (χ0n) is 17.5. The van der Waals surface area contributed by atoms with Gasteiger partial charge in [-0.05, 0) is 49.4 Å². The van der Waals surface area contributed by atoms with E-state index in [4.69, 9.17) is 9.29 Å². The molecule has 13 heteroatoms. The topological polar surface area (TPSA) is 157 Å². The Hall–Kier alpha value is -3.26. The Morgan fingerprint density at radius 2 is 2.00 bits per heavy atom. The molecule has 0 aliphatic heterocycles. The summed E-state index contributed by atoms with van der Waals surface area (Å²) in [5.74, 6) is -0.834. The Labute approximate surface area is 192 Å². The lowest BCUT2D eigenvalue weighted by Gasteiger charge is -2.30. The largest absolute Gasteiger partial charge is 0.480 e. The number of hydrogen-bond donors (Lipinski definition) is 2. The first-order chi connectivity index (χ1) is 15.6. The predicted molar refractivity (Wildman–Crippen MR) is 118 cm³/mol. The summed E-state index contributed by atoms with van der Waals surface area (Å²) in [5.41, 5.74) is 0.753. The highest BCUT2D eigenvalue weighted by molar-refractivity contribution is 7.85. The van der Waals surface area contributed by atoms with Crippen molar-refractivity contribution in [2.75, 3.05) is 6.61 Å². The molecule has 1 unspecified atom stereocenters. The van der Waals surface area contributed by atoms with E-state index in [1.165, 1.54) is 40.4 Å². The van der Waals surface area contributed by atoms with Crippen LogP contribution in [0.1, 0.15) is 27.8 Å². The standard InChI is InChI=1S/C20H19N5O6S2/c1-12-13(2)32-19(21-12)20(31-11-17(26)27)9-3-4-14(10-20)18-22-24-25(23-18)15-5-7-16(8-6-15)33(28,29)30/h3-8,10H,9,11H2,1-2H3,(H,26,27)(H,28,29,30). The predicted octanol–water partition coefficient (Wildman–Crippen LogP) is 2.32. The van der Waals surface area contributed by atoms with Gasteiger partial charge in [-0.1, -0.05) is 12.2 Å². The number of tetrazole rings is 1. The molecule has 0 spiro atoms. The Balaban J connectivity index is 1.69. The van der Waals surface area contributed by atoms with Crippen LogP contribution in [0, 0.1) is 13.8 Å². The number of rotatable bonds is 7. The van der Waals surface area contributed by atoms with Crippen LogP contribution in [0.4, 0.5) is 0 Å². The van der Waals surface area contributed by atoms with Crippen LogP contribution < -0.4 is 0 Å². The van der Waals surface area contributed by atoms with Crippen molar-refractivity contribution in [1.82, 2.24) is 25.2 Å². The van der Waals surface area contributed by atoms with Gasteiger partial charge in [-0.3, -0.25) is 4.55 Å². The second kappa shape index (κ2) is 8.59. The highest BCUT2D eigenvalue weighted by atomic mass is 32.2. The molecule has 4 rings (SSSR count). The van der Waals surface area contributed by atoms with Crippen LogP contribution in [0.15, 0.2) is 47.4 Å². The number of hydrogen-bond acceptors (Lipinski definition) is 9. The fourth-order valence-corrected chi connectivity index (χ4v) is 4.72. The van der Waals surface area contributed by atoms with Gasteiger partial charge in [-0.2, -0.15) is 8.42 Å². The zero-order chi connectivity index (χ0) is 23.8. The molecule has 0 bridgehead atoms. The number of aliphatic carboxylic acids is 1. The van der Waals surface area contributed by atoms with Gasteiger partial charge in [0, 0.05) is 16.9 Å². The van der Waals surface area contributed by atoms with Gasteiger partial charge < -0.3 is 9.84 Å². The number of carboxylic acid groups (broad SMARTS) is 1. The minimum absolute atomic E-state index is 0.251. The van der Waals surface area contributed by atoms with Gasteiger partial charge in [0.15, 0.2) is 0 Å². The molecule has 1 aliphatic carbocycles. The average Bonchev–Trinajstić information content (AvgIpc) is 3.39. The fourth-order valence-electron chi connectivity index (χ4n) is 3.20. The van der Waals surface area contributed by atoms with Crippen molar-refractivity contribution in [2.24, 2.45) is 0 Å². The van der Waals surface area contributed by atoms with E-state index < -0.39 is 28.3 Å². The normalized spacial score (nSPS) is 18.3. The van der Waals surface area contributed by atoms with E-state index in [1.807, 2.05) is 19.9 Å². The molecule has 0 saturated heterocycles. The van der Waals surface area contributed by atoms with Gasteiger partial charge in [0.2, 0.25) is 5.82 Å². The molecule has 3 aromatic rings. The van der Waals surface area contributed by atoms with Crippen LogP contribution in [-0.2, 0) is 25.3 Å². The summed E-state index contributed by atoms with van der Waals surface area (Å²) in [4.78, 5) is 17.8. The second-order valence-corrected chi connectivity index (χ2v) is 9.93. The molecule has 0 fully saturated rings. The first kappa shape index (κ1) is 22.9. The molecule has 0 radical (unpaired) electrons. The number of aryl methyl sites for hydroxylation is 2. The number of thiazole rings is 1. The number of nitrogens with zero attached hydrogens (tertiary/aromatic N) is 5. The van der Waals surface area contributed by atoms with Gasteiger partial charge in [0.1, 0.15) is 17.2 Å². The summed E-state index contributed by atoms with van der Waals surface area (Å²) in [6.45, 7) is 3.31. The summed E-state index contributed by atoms with van der Waals surface area (Å²) in [5, 5.41) is 22.2. The third-order valence-corrected chi connectivity index (χ3v) is 7.09. The number of allylic oxidation sites excluding steroid dienone is 2. The van der Waals surface area contributed by atoms with Gasteiger partial charge in [-0.25, -0.2) is 9.78 Å². The zero-order valence-corrected chi connectivity index (χ0v) is 19.2. The number of benzene rings is 1. The van der Waals surface area contributed by atoms with Crippen molar-refractivity contribution in [3.63, 3.8) is 0 Å². The van der Waals surface area contributed by atoms with Crippen molar-refractivity contribution in [1.29, 1.82) is 0 Å². The van der Waals surface area contributed by atoms with E-state index in [2.05, 4.69) is 20.4 Å². The molecule has 1 aliphatic rings. The van der Waals surface area contributed by atoms with Gasteiger partial charge >= 0.3 is 5.97 Å². The van der Waals surface area contributed by atoms with Gasteiger partial charge in [0.25, 0.3) is 10.1 Å². The average molecular weight is 490 g/mol. The Bertz CT molecular complexity index is 1350. The quantitative estimate of drug-likeness (QED) is 0.472. The Morgan fingerprint density at radius 1 is 1.27 bits per heavy atom. The monoisotopic (exact) mass is 489 g/mol. The number of carbonyl (C=O) groups is 1. The minimum atomic E-state index is -4.31. The lowest BCUT2D eigenvalue weighted by molar-refractivity contribution is -0.147. The molecule has 1 atom stereocenters. The van der Waals surface area contributed by atoms with Crippen molar-refractivity contribution in [3.8, 4) is 5.69 Å². The maximum absolute atomic E-state index is 11.2.